The number of anilines is 1. The SMILES string of the molecule is CN(C)S(=O)(=O)c1ccccc1N(CCO)C1CC1. The average molecular weight is 284 g/mol. The molecule has 0 heterocycles. The van der Waals surface area contributed by atoms with Gasteiger partial charge in [0, 0.05) is 26.7 Å². The van der Waals surface area contributed by atoms with Gasteiger partial charge in [-0.15, -0.1) is 0 Å². The van der Waals surface area contributed by atoms with Crippen molar-refractivity contribution in [2.24, 2.45) is 0 Å². The molecule has 1 N–H and O–H groups in total. The minimum absolute atomic E-state index is 0.0207. The van der Waals surface area contributed by atoms with Gasteiger partial charge in [0.25, 0.3) is 0 Å². The molecule has 1 aromatic carbocycles. The summed E-state index contributed by atoms with van der Waals surface area (Å²) in [7, 11) is -0.412. The molecule has 6 heteroatoms. The average Bonchev–Trinajstić information content (AvgIpc) is 3.20. The topological polar surface area (TPSA) is 60.9 Å². The van der Waals surface area contributed by atoms with Crippen molar-refractivity contribution in [1.82, 2.24) is 4.31 Å². The number of hydrogen-bond acceptors (Lipinski definition) is 4. The van der Waals surface area contributed by atoms with Crippen molar-refractivity contribution in [2.45, 2.75) is 23.8 Å². The highest BCUT2D eigenvalue weighted by Crippen LogP contribution is 2.35. The van der Waals surface area contributed by atoms with E-state index in [0.29, 0.717) is 23.2 Å². The maximum absolute atomic E-state index is 12.3. The second kappa shape index (κ2) is 5.48. The Bertz CT molecular complexity index is 539. The fourth-order valence-corrected chi connectivity index (χ4v) is 3.20. The Morgan fingerprint density at radius 1 is 1.26 bits per heavy atom. The van der Waals surface area contributed by atoms with Crippen molar-refractivity contribution in [3.05, 3.63) is 24.3 Å². The number of hydrogen-bond donors (Lipinski definition) is 1. The largest absolute Gasteiger partial charge is 0.395 e. The molecule has 0 unspecified atom stereocenters. The van der Waals surface area contributed by atoms with E-state index in [-0.39, 0.29) is 6.61 Å². The van der Waals surface area contributed by atoms with Crippen LogP contribution in [0.4, 0.5) is 5.69 Å². The van der Waals surface area contributed by atoms with Crippen molar-refractivity contribution in [3.8, 4) is 0 Å². The van der Waals surface area contributed by atoms with E-state index in [4.69, 9.17) is 0 Å². The van der Waals surface area contributed by atoms with Crippen LogP contribution in [0.25, 0.3) is 0 Å². The molecule has 0 aromatic heterocycles. The van der Waals surface area contributed by atoms with E-state index in [2.05, 4.69) is 0 Å². The zero-order valence-electron chi connectivity index (χ0n) is 11.3. The fraction of sp³-hybridized carbons (Fsp3) is 0.538. The number of para-hydroxylation sites is 1. The lowest BCUT2D eigenvalue weighted by Gasteiger charge is -2.27. The number of aliphatic hydroxyl groups excluding tert-OH is 1. The lowest BCUT2D eigenvalue weighted by molar-refractivity contribution is 0.301. The Kier molecular flexibility index (Phi) is 4.13. The van der Waals surface area contributed by atoms with E-state index >= 15 is 0 Å². The van der Waals surface area contributed by atoms with Crippen LogP contribution in [0.15, 0.2) is 29.2 Å². The van der Waals surface area contributed by atoms with Crippen LogP contribution in [0.5, 0.6) is 0 Å². The van der Waals surface area contributed by atoms with Crippen molar-refractivity contribution in [1.29, 1.82) is 0 Å². The maximum atomic E-state index is 12.3. The zero-order chi connectivity index (χ0) is 14.0. The highest BCUT2D eigenvalue weighted by molar-refractivity contribution is 7.89. The van der Waals surface area contributed by atoms with E-state index in [1.807, 2.05) is 17.0 Å². The van der Waals surface area contributed by atoms with Gasteiger partial charge in [-0.2, -0.15) is 0 Å². The predicted molar refractivity (Wildman–Crippen MR) is 74.8 cm³/mol. The summed E-state index contributed by atoms with van der Waals surface area (Å²) in [5.41, 5.74) is 0.688. The van der Waals surface area contributed by atoms with E-state index in [1.165, 1.54) is 18.4 Å². The number of benzene rings is 1. The van der Waals surface area contributed by atoms with Crippen LogP contribution in [0.1, 0.15) is 12.8 Å². The number of sulfonamides is 1. The van der Waals surface area contributed by atoms with Crippen molar-refractivity contribution in [2.75, 3.05) is 32.1 Å². The molecule has 1 aliphatic carbocycles. The summed E-state index contributed by atoms with van der Waals surface area (Å²) in [6.07, 6.45) is 2.10. The van der Waals surface area contributed by atoms with Crippen LogP contribution in [0, 0.1) is 0 Å². The van der Waals surface area contributed by atoms with Gasteiger partial charge in [-0.05, 0) is 25.0 Å². The molecule has 0 saturated heterocycles. The van der Waals surface area contributed by atoms with E-state index in [9.17, 15) is 13.5 Å². The molecule has 0 spiro atoms. The summed E-state index contributed by atoms with van der Waals surface area (Å²) in [5.74, 6) is 0. The first-order chi connectivity index (χ1) is 8.98. The van der Waals surface area contributed by atoms with Crippen molar-refractivity contribution >= 4 is 15.7 Å². The summed E-state index contributed by atoms with van der Waals surface area (Å²) in [5, 5.41) is 9.18. The van der Waals surface area contributed by atoms with E-state index in [1.54, 1.807) is 12.1 Å². The summed E-state index contributed by atoms with van der Waals surface area (Å²) in [6.45, 7) is 0.484. The van der Waals surface area contributed by atoms with Crippen LogP contribution < -0.4 is 4.90 Å². The molecule has 106 valence electrons. The summed E-state index contributed by atoms with van der Waals surface area (Å²) >= 11 is 0. The third-order valence-electron chi connectivity index (χ3n) is 3.26. The Hall–Kier alpha value is -1.11. The van der Waals surface area contributed by atoms with Gasteiger partial charge in [0.05, 0.1) is 12.3 Å². The minimum Gasteiger partial charge on any atom is -0.395 e. The molecule has 0 bridgehead atoms. The first-order valence-electron chi connectivity index (χ1n) is 6.37. The molecule has 19 heavy (non-hydrogen) atoms. The maximum Gasteiger partial charge on any atom is 0.244 e. The first-order valence-corrected chi connectivity index (χ1v) is 7.81. The number of rotatable bonds is 6. The van der Waals surface area contributed by atoms with Gasteiger partial charge in [0.1, 0.15) is 4.90 Å². The minimum atomic E-state index is -3.47. The third-order valence-corrected chi connectivity index (χ3v) is 5.12. The highest BCUT2D eigenvalue weighted by atomic mass is 32.2. The molecule has 0 amide bonds. The van der Waals surface area contributed by atoms with Crippen molar-refractivity contribution < 1.29 is 13.5 Å². The van der Waals surface area contributed by atoms with Gasteiger partial charge in [-0.3, -0.25) is 0 Å². The second-order valence-corrected chi connectivity index (χ2v) is 7.02. The molecule has 1 saturated carbocycles. The lowest BCUT2D eigenvalue weighted by atomic mass is 10.2. The number of nitrogens with zero attached hydrogens (tertiary/aromatic N) is 2. The predicted octanol–water partition coefficient (Wildman–Crippen LogP) is 0.898. The normalized spacial score (nSPS) is 15.8. The van der Waals surface area contributed by atoms with Gasteiger partial charge in [-0.25, -0.2) is 12.7 Å². The Morgan fingerprint density at radius 3 is 2.42 bits per heavy atom. The van der Waals surface area contributed by atoms with Crippen molar-refractivity contribution in [3.63, 3.8) is 0 Å². The van der Waals surface area contributed by atoms with Gasteiger partial charge >= 0.3 is 0 Å². The molecular formula is C13H20N2O3S. The molecule has 1 fully saturated rings. The molecule has 2 rings (SSSR count). The molecule has 5 nitrogen and oxygen atoms in total. The van der Waals surface area contributed by atoms with Crippen LogP contribution in [0.3, 0.4) is 0 Å². The van der Waals surface area contributed by atoms with Crippen LogP contribution in [0.2, 0.25) is 0 Å². The second-order valence-electron chi connectivity index (χ2n) is 4.90. The molecular weight excluding hydrogens is 264 g/mol. The summed E-state index contributed by atoms with van der Waals surface area (Å²) in [6, 6.07) is 7.34. The Labute approximate surface area is 114 Å². The quantitative estimate of drug-likeness (QED) is 0.843. The van der Waals surface area contributed by atoms with Gasteiger partial charge in [-0.1, -0.05) is 12.1 Å². The van der Waals surface area contributed by atoms with Crippen LogP contribution in [-0.2, 0) is 10.0 Å². The molecule has 1 aromatic rings. The van der Waals surface area contributed by atoms with Crippen LogP contribution >= 0.6 is 0 Å². The van der Waals surface area contributed by atoms with E-state index < -0.39 is 10.0 Å². The Morgan fingerprint density at radius 2 is 1.89 bits per heavy atom. The third kappa shape index (κ3) is 2.91. The van der Waals surface area contributed by atoms with Crippen LogP contribution in [-0.4, -0.2) is 51.1 Å². The molecule has 0 radical (unpaired) electrons. The first kappa shape index (κ1) is 14.3. The highest BCUT2D eigenvalue weighted by Gasteiger charge is 2.32. The lowest BCUT2D eigenvalue weighted by Crippen LogP contribution is -2.32. The van der Waals surface area contributed by atoms with Gasteiger partial charge in [0.15, 0.2) is 0 Å². The smallest absolute Gasteiger partial charge is 0.244 e. The molecule has 0 aliphatic heterocycles. The van der Waals surface area contributed by atoms with Gasteiger partial charge < -0.3 is 10.0 Å². The Balaban J connectivity index is 2.46. The monoisotopic (exact) mass is 284 g/mol. The molecule has 1 aliphatic rings. The molecule has 0 atom stereocenters. The summed E-state index contributed by atoms with van der Waals surface area (Å²) in [4.78, 5) is 2.30. The zero-order valence-corrected chi connectivity index (χ0v) is 12.1. The fourth-order valence-electron chi connectivity index (χ4n) is 2.10. The van der Waals surface area contributed by atoms with Gasteiger partial charge in [0.2, 0.25) is 10.0 Å². The number of aliphatic hydroxyl groups is 1. The summed E-state index contributed by atoms with van der Waals surface area (Å²) < 4.78 is 25.9. The van der Waals surface area contributed by atoms with E-state index in [0.717, 1.165) is 12.8 Å². The standard InChI is InChI=1S/C13H20N2O3S/c1-14(2)19(17,18)13-6-4-3-5-12(13)15(9-10-16)11-7-8-11/h3-6,11,16H,7-10H2,1-2H3.